The van der Waals surface area contributed by atoms with Crippen LogP contribution in [-0.4, -0.2) is 45.4 Å². The number of benzene rings is 1. The number of rotatable bonds is 5. The molecule has 1 aromatic rings. The molecule has 1 unspecified atom stereocenters. The molecule has 0 amide bonds. The fraction of sp³-hybridized carbons (Fsp3) is 0.696. The zero-order chi connectivity index (χ0) is 21.9. The summed E-state index contributed by atoms with van der Waals surface area (Å²) in [5, 5.41) is -0.156. The third-order valence-electron chi connectivity index (χ3n) is 6.07. The highest BCUT2D eigenvalue weighted by Crippen LogP contribution is 2.37. The maximum absolute atomic E-state index is 13.5. The second-order valence-electron chi connectivity index (χ2n) is 9.48. The average molecular weight is 461 g/mol. The summed E-state index contributed by atoms with van der Waals surface area (Å²) >= 11 is -0.0284. The van der Waals surface area contributed by atoms with Crippen LogP contribution in [0.15, 0.2) is 24.3 Å². The Morgan fingerprint density at radius 1 is 1.03 bits per heavy atom. The second-order valence-corrected chi connectivity index (χ2v) is 13.0. The largest absolute Gasteiger partial charge is 0.456 e. The number of alkyl halides is 3. The smallest absolute Gasteiger partial charge is 0.288 e. The summed E-state index contributed by atoms with van der Waals surface area (Å²) in [4.78, 5) is 13.5. The average Bonchev–Trinajstić information content (AvgIpc) is 2.68. The number of nitrogens with zero attached hydrogens (tertiary/aromatic N) is 1. The Balaban J connectivity index is 1.69. The maximum Gasteiger partial charge on any atom is 0.456 e. The zero-order valence-corrected chi connectivity index (χ0v) is 19.8. The second kappa shape index (κ2) is 9.86. The SMILES string of the molecule is CC(C)(C)C(C(=O)c1ccc(C2CCCCC2)cc1)[S+]1CCN(SC(F)(F)F)CC1. The van der Waals surface area contributed by atoms with E-state index in [4.69, 9.17) is 0 Å². The Morgan fingerprint density at radius 2 is 1.60 bits per heavy atom. The number of carbonyl (C=O) groups excluding carboxylic acids is 1. The fourth-order valence-corrected chi connectivity index (χ4v) is 8.59. The zero-order valence-electron chi connectivity index (χ0n) is 18.1. The van der Waals surface area contributed by atoms with Gasteiger partial charge in [-0.15, -0.1) is 0 Å². The Kier molecular flexibility index (Phi) is 7.89. The highest BCUT2D eigenvalue weighted by Gasteiger charge is 2.48. The first-order valence-corrected chi connectivity index (χ1v) is 13.3. The first-order chi connectivity index (χ1) is 14.0. The lowest BCUT2D eigenvalue weighted by Gasteiger charge is -2.34. The van der Waals surface area contributed by atoms with Gasteiger partial charge in [-0.2, -0.15) is 13.2 Å². The van der Waals surface area contributed by atoms with Gasteiger partial charge in [0.2, 0.25) is 5.78 Å². The Labute approximate surface area is 185 Å². The molecule has 1 heterocycles. The molecule has 3 rings (SSSR count). The standard InChI is InChI=1S/C23H33F3NOS2/c1-22(2,3)21(30-15-13-27(14-16-30)29-23(24,25)26)20(28)19-11-9-18(10-12-19)17-7-5-4-6-8-17/h9-12,17,21H,4-8,13-16H2,1-3H3/q+1. The number of ketones is 1. The van der Waals surface area contributed by atoms with Gasteiger partial charge in [-0.25, -0.2) is 4.31 Å². The van der Waals surface area contributed by atoms with Crippen molar-refractivity contribution in [2.24, 2.45) is 5.41 Å². The Hall–Kier alpha value is -0.660. The van der Waals surface area contributed by atoms with Gasteiger partial charge in [0.25, 0.3) is 0 Å². The number of Topliss-reactive ketones (excluding diaryl/α,β-unsaturated/α-hetero) is 1. The van der Waals surface area contributed by atoms with Crippen LogP contribution < -0.4 is 0 Å². The topological polar surface area (TPSA) is 20.3 Å². The molecule has 2 nitrogen and oxygen atoms in total. The molecule has 1 saturated heterocycles. The van der Waals surface area contributed by atoms with Crippen molar-refractivity contribution in [3.8, 4) is 0 Å². The van der Waals surface area contributed by atoms with E-state index in [1.165, 1.54) is 42.0 Å². The summed E-state index contributed by atoms with van der Waals surface area (Å²) in [5.41, 5.74) is -2.39. The minimum atomic E-state index is -4.24. The van der Waals surface area contributed by atoms with E-state index in [-0.39, 0.29) is 39.3 Å². The van der Waals surface area contributed by atoms with Crippen LogP contribution in [0, 0.1) is 5.41 Å². The van der Waals surface area contributed by atoms with Crippen LogP contribution >= 0.6 is 11.9 Å². The van der Waals surface area contributed by atoms with Crippen molar-refractivity contribution in [3.05, 3.63) is 35.4 Å². The van der Waals surface area contributed by atoms with E-state index in [2.05, 4.69) is 32.9 Å². The van der Waals surface area contributed by atoms with Crippen molar-refractivity contribution in [1.29, 1.82) is 0 Å². The first kappa shape index (κ1) is 24.0. The fourth-order valence-electron chi connectivity index (χ4n) is 4.68. The number of carbonyl (C=O) groups is 1. The molecule has 1 aliphatic heterocycles. The number of hydrogen-bond donors (Lipinski definition) is 0. The van der Waals surface area contributed by atoms with Crippen LogP contribution in [0.5, 0.6) is 0 Å². The maximum atomic E-state index is 13.5. The molecular formula is C23H33F3NOS2+. The van der Waals surface area contributed by atoms with Gasteiger partial charge in [0.15, 0.2) is 5.25 Å². The van der Waals surface area contributed by atoms with Crippen molar-refractivity contribution < 1.29 is 18.0 Å². The van der Waals surface area contributed by atoms with Crippen LogP contribution in [0.1, 0.15) is 74.7 Å². The number of hydrogen-bond acceptors (Lipinski definition) is 3. The summed E-state index contributed by atoms with van der Waals surface area (Å²) < 4.78 is 39.4. The van der Waals surface area contributed by atoms with Gasteiger partial charge in [-0.3, -0.25) is 4.79 Å². The minimum Gasteiger partial charge on any atom is -0.288 e. The number of halogens is 3. The van der Waals surface area contributed by atoms with E-state index in [1.807, 2.05) is 12.1 Å². The molecule has 2 aliphatic rings. The van der Waals surface area contributed by atoms with Gasteiger partial charge >= 0.3 is 5.51 Å². The molecule has 1 atom stereocenters. The van der Waals surface area contributed by atoms with E-state index in [1.54, 1.807) is 0 Å². The quantitative estimate of drug-likeness (QED) is 0.287. The highest BCUT2D eigenvalue weighted by molar-refractivity contribution is 7.99. The first-order valence-electron chi connectivity index (χ1n) is 10.9. The van der Waals surface area contributed by atoms with Gasteiger partial charge < -0.3 is 0 Å². The normalized spacial score (nSPS) is 21.5. The molecule has 0 spiro atoms. The highest BCUT2D eigenvalue weighted by atomic mass is 32.2. The lowest BCUT2D eigenvalue weighted by atomic mass is 9.83. The van der Waals surface area contributed by atoms with Gasteiger partial charge in [0.1, 0.15) is 11.5 Å². The van der Waals surface area contributed by atoms with E-state index < -0.39 is 5.51 Å². The lowest BCUT2D eigenvalue weighted by Crippen LogP contribution is -2.50. The van der Waals surface area contributed by atoms with E-state index in [0.29, 0.717) is 30.5 Å². The molecule has 1 aromatic carbocycles. The third-order valence-corrected chi connectivity index (χ3v) is 9.90. The van der Waals surface area contributed by atoms with E-state index in [0.717, 1.165) is 5.56 Å². The van der Waals surface area contributed by atoms with E-state index in [9.17, 15) is 18.0 Å². The Morgan fingerprint density at radius 3 is 2.10 bits per heavy atom. The summed E-state index contributed by atoms with van der Waals surface area (Å²) in [7, 11) is -0.213. The molecule has 2 fully saturated rings. The van der Waals surface area contributed by atoms with E-state index >= 15 is 0 Å². The third kappa shape index (κ3) is 6.42. The summed E-state index contributed by atoms with van der Waals surface area (Å²) in [6.07, 6.45) is 6.34. The molecule has 1 saturated carbocycles. The molecule has 30 heavy (non-hydrogen) atoms. The predicted octanol–water partition coefficient (Wildman–Crippen LogP) is 6.43. The molecule has 0 radical (unpaired) electrons. The van der Waals surface area contributed by atoms with Crippen molar-refractivity contribution in [1.82, 2.24) is 4.31 Å². The van der Waals surface area contributed by atoms with Crippen LogP contribution in [0.4, 0.5) is 13.2 Å². The lowest BCUT2D eigenvalue weighted by molar-refractivity contribution is -0.0361. The van der Waals surface area contributed by atoms with Crippen LogP contribution in [0.25, 0.3) is 0 Å². The minimum absolute atomic E-state index is 0.0284. The molecule has 0 bridgehead atoms. The van der Waals surface area contributed by atoms with Gasteiger partial charge in [-0.1, -0.05) is 64.3 Å². The van der Waals surface area contributed by atoms with Crippen molar-refractivity contribution in [3.63, 3.8) is 0 Å². The van der Waals surface area contributed by atoms with Crippen molar-refractivity contribution >= 4 is 28.6 Å². The van der Waals surface area contributed by atoms with Crippen LogP contribution in [0.2, 0.25) is 0 Å². The van der Waals surface area contributed by atoms with Crippen LogP contribution in [0.3, 0.4) is 0 Å². The summed E-state index contributed by atoms with van der Waals surface area (Å²) in [5.74, 6) is 2.06. The predicted molar refractivity (Wildman–Crippen MR) is 122 cm³/mol. The van der Waals surface area contributed by atoms with Gasteiger partial charge in [-0.05, 0) is 24.3 Å². The molecule has 7 heteroatoms. The van der Waals surface area contributed by atoms with Gasteiger partial charge in [0.05, 0.1) is 13.1 Å². The van der Waals surface area contributed by atoms with Gasteiger partial charge in [0, 0.05) is 33.8 Å². The molecule has 1 aliphatic carbocycles. The monoisotopic (exact) mass is 460 g/mol. The molecule has 168 valence electrons. The summed E-state index contributed by atoms with van der Waals surface area (Å²) in [6, 6.07) is 8.19. The molecule has 0 aromatic heterocycles. The Bertz CT molecular complexity index is 701. The van der Waals surface area contributed by atoms with Crippen LogP contribution in [-0.2, 0) is 10.9 Å². The van der Waals surface area contributed by atoms with Crippen molar-refractivity contribution in [2.75, 3.05) is 24.6 Å². The molecule has 0 N–H and O–H groups in total. The summed E-state index contributed by atoms with van der Waals surface area (Å²) in [6.45, 7) is 7.00. The molecular weight excluding hydrogens is 427 g/mol. The van der Waals surface area contributed by atoms with Crippen molar-refractivity contribution in [2.45, 2.75) is 69.6 Å².